The Bertz CT molecular complexity index is 515. The Morgan fingerprint density at radius 1 is 1.43 bits per heavy atom. The first-order valence-electron chi connectivity index (χ1n) is 6.99. The molecule has 0 spiro atoms. The lowest BCUT2D eigenvalue weighted by molar-refractivity contribution is -0.123. The highest BCUT2D eigenvalue weighted by Gasteiger charge is 2.20. The number of anilines is 1. The van der Waals surface area contributed by atoms with E-state index in [1.165, 1.54) is 11.8 Å². The highest BCUT2D eigenvalue weighted by molar-refractivity contribution is 9.10. The topological polar surface area (TPSA) is 58.6 Å². The Kier molecular flexibility index (Phi) is 5.76. The lowest BCUT2D eigenvalue weighted by atomic mass is 10.2. The van der Waals surface area contributed by atoms with E-state index in [1.807, 2.05) is 18.2 Å². The van der Waals surface area contributed by atoms with Gasteiger partial charge in [0.1, 0.15) is 6.54 Å². The van der Waals surface area contributed by atoms with Crippen LogP contribution in [0.25, 0.3) is 0 Å². The first kappa shape index (κ1) is 16.0. The molecule has 0 aromatic heterocycles. The van der Waals surface area contributed by atoms with E-state index in [2.05, 4.69) is 21.2 Å². The molecule has 1 aromatic carbocycles. The molecule has 1 aliphatic rings. The van der Waals surface area contributed by atoms with Crippen molar-refractivity contribution < 1.29 is 14.3 Å². The SMILES string of the molecule is CC(=O)N(CC(=O)NCC1CCCO1)c1ccccc1Br. The zero-order valence-corrected chi connectivity index (χ0v) is 13.6. The van der Waals surface area contributed by atoms with Crippen molar-refractivity contribution in [3.05, 3.63) is 28.7 Å². The second-order valence-electron chi connectivity index (χ2n) is 5.00. The molecule has 1 unspecified atom stereocenters. The first-order valence-corrected chi connectivity index (χ1v) is 7.78. The van der Waals surface area contributed by atoms with Crippen LogP contribution in [0.4, 0.5) is 5.69 Å². The molecule has 114 valence electrons. The average molecular weight is 355 g/mol. The van der Waals surface area contributed by atoms with Crippen molar-refractivity contribution in [3.8, 4) is 0 Å². The van der Waals surface area contributed by atoms with Crippen molar-refractivity contribution in [1.82, 2.24) is 5.32 Å². The number of nitrogens with zero attached hydrogens (tertiary/aromatic N) is 1. The molecule has 2 amide bonds. The van der Waals surface area contributed by atoms with Gasteiger partial charge in [-0.1, -0.05) is 12.1 Å². The number of rotatable bonds is 5. The molecule has 1 N–H and O–H groups in total. The molecule has 2 rings (SSSR count). The van der Waals surface area contributed by atoms with Gasteiger partial charge in [-0.05, 0) is 40.9 Å². The van der Waals surface area contributed by atoms with Gasteiger partial charge in [-0.25, -0.2) is 0 Å². The molecule has 0 saturated carbocycles. The predicted octanol–water partition coefficient (Wildman–Crippen LogP) is 2.10. The molecule has 1 aliphatic heterocycles. The van der Waals surface area contributed by atoms with Gasteiger partial charge in [-0.3, -0.25) is 9.59 Å². The zero-order valence-electron chi connectivity index (χ0n) is 12.0. The molecule has 1 aromatic rings. The molecule has 0 radical (unpaired) electrons. The van der Waals surface area contributed by atoms with Crippen LogP contribution in [-0.2, 0) is 14.3 Å². The van der Waals surface area contributed by atoms with E-state index in [-0.39, 0.29) is 24.5 Å². The van der Waals surface area contributed by atoms with Crippen LogP contribution in [0.1, 0.15) is 19.8 Å². The minimum Gasteiger partial charge on any atom is -0.376 e. The van der Waals surface area contributed by atoms with Gasteiger partial charge in [-0.15, -0.1) is 0 Å². The summed E-state index contributed by atoms with van der Waals surface area (Å²) in [5.74, 6) is -0.356. The number of halogens is 1. The summed E-state index contributed by atoms with van der Waals surface area (Å²) in [6.07, 6.45) is 2.11. The number of nitrogens with one attached hydrogen (secondary N) is 1. The van der Waals surface area contributed by atoms with E-state index in [1.54, 1.807) is 6.07 Å². The first-order chi connectivity index (χ1) is 10.1. The van der Waals surface area contributed by atoms with Crippen molar-refractivity contribution in [1.29, 1.82) is 0 Å². The van der Waals surface area contributed by atoms with E-state index >= 15 is 0 Å². The van der Waals surface area contributed by atoms with Crippen molar-refractivity contribution in [2.45, 2.75) is 25.9 Å². The average Bonchev–Trinajstić information content (AvgIpc) is 2.96. The van der Waals surface area contributed by atoms with Crippen LogP contribution < -0.4 is 10.2 Å². The Balaban J connectivity index is 1.94. The smallest absolute Gasteiger partial charge is 0.240 e. The molecule has 0 aliphatic carbocycles. The summed E-state index contributed by atoms with van der Waals surface area (Å²) >= 11 is 3.40. The standard InChI is InChI=1S/C15H19BrN2O3/c1-11(19)18(14-7-3-2-6-13(14)16)10-15(20)17-9-12-5-4-8-21-12/h2-3,6-7,12H,4-5,8-10H2,1H3,(H,17,20). The summed E-state index contributed by atoms with van der Waals surface area (Å²) in [5.41, 5.74) is 0.692. The predicted molar refractivity (Wildman–Crippen MR) is 84.2 cm³/mol. The van der Waals surface area contributed by atoms with E-state index < -0.39 is 0 Å². The number of benzene rings is 1. The number of hydrogen-bond acceptors (Lipinski definition) is 3. The Hall–Kier alpha value is -1.40. The van der Waals surface area contributed by atoms with E-state index in [9.17, 15) is 9.59 Å². The Morgan fingerprint density at radius 2 is 2.19 bits per heavy atom. The fourth-order valence-electron chi connectivity index (χ4n) is 2.27. The summed E-state index contributed by atoms with van der Waals surface area (Å²) in [4.78, 5) is 25.3. The third-order valence-electron chi connectivity index (χ3n) is 3.38. The summed E-state index contributed by atoms with van der Waals surface area (Å²) in [7, 11) is 0. The van der Waals surface area contributed by atoms with Crippen molar-refractivity contribution in [2.75, 3.05) is 24.6 Å². The molecule has 1 fully saturated rings. The molecule has 1 saturated heterocycles. The number of carbonyl (C=O) groups is 2. The molecule has 6 heteroatoms. The number of ether oxygens (including phenoxy) is 1. The fourth-order valence-corrected chi connectivity index (χ4v) is 2.77. The van der Waals surface area contributed by atoms with Crippen LogP contribution in [0, 0.1) is 0 Å². The second kappa shape index (κ2) is 7.56. The maximum Gasteiger partial charge on any atom is 0.240 e. The van der Waals surface area contributed by atoms with Gasteiger partial charge in [0.25, 0.3) is 0 Å². The van der Waals surface area contributed by atoms with Crippen LogP contribution in [0.2, 0.25) is 0 Å². The number of hydrogen-bond donors (Lipinski definition) is 1. The van der Waals surface area contributed by atoms with Crippen LogP contribution >= 0.6 is 15.9 Å². The summed E-state index contributed by atoms with van der Waals surface area (Å²) in [6, 6.07) is 7.35. The van der Waals surface area contributed by atoms with Crippen LogP contribution in [0.15, 0.2) is 28.7 Å². The molecule has 0 bridgehead atoms. The summed E-state index contributed by atoms with van der Waals surface area (Å²) in [5, 5.41) is 2.83. The van der Waals surface area contributed by atoms with Crippen LogP contribution in [-0.4, -0.2) is 37.6 Å². The van der Waals surface area contributed by atoms with Crippen LogP contribution in [0.3, 0.4) is 0 Å². The van der Waals surface area contributed by atoms with Gasteiger partial charge < -0.3 is 15.0 Å². The van der Waals surface area contributed by atoms with Gasteiger partial charge in [0.05, 0.1) is 11.8 Å². The van der Waals surface area contributed by atoms with E-state index in [0.29, 0.717) is 12.2 Å². The van der Waals surface area contributed by atoms with Gasteiger partial charge in [-0.2, -0.15) is 0 Å². The zero-order chi connectivity index (χ0) is 15.2. The normalized spacial score (nSPS) is 17.5. The van der Waals surface area contributed by atoms with Crippen molar-refractivity contribution >= 4 is 33.4 Å². The second-order valence-corrected chi connectivity index (χ2v) is 5.85. The Labute approximate surface area is 132 Å². The highest BCUT2D eigenvalue weighted by Crippen LogP contribution is 2.25. The monoisotopic (exact) mass is 354 g/mol. The summed E-state index contributed by atoms with van der Waals surface area (Å²) in [6.45, 7) is 2.72. The fraction of sp³-hybridized carbons (Fsp3) is 0.467. The van der Waals surface area contributed by atoms with Crippen molar-refractivity contribution in [3.63, 3.8) is 0 Å². The molecule has 5 nitrogen and oxygen atoms in total. The number of amides is 2. The lowest BCUT2D eigenvalue weighted by Crippen LogP contribution is -2.42. The summed E-state index contributed by atoms with van der Waals surface area (Å²) < 4.78 is 6.24. The van der Waals surface area contributed by atoms with E-state index in [4.69, 9.17) is 4.74 Å². The molecule has 1 heterocycles. The largest absolute Gasteiger partial charge is 0.376 e. The minimum atomic E-state index is -0.184. The molecule has 1 atom stereocenters. The highest BCUT2D eigenvalue weighted by atomic mass is 79.9. The molecular formula is C15H19BrN2O3. The molecule has 21 heavy (non-hydrogen) atoms. The van der Waals surface area contributed by atoms with E-state index in [0.717, 1.165) is 23.9 Å². The van der Waals surface area contributed by atoms with Gasteiger partial charge in [0, 0.05) is 24.5 Å². The minimum absolute atomic E-state index is 0.00463. The maximum absolute atomic E-state index is 12.0. The Morgan fingerprint density at radius 3 is 2.81 bits per heavy atom. The third-order valence-corrected chi connectivity index (χ3v) is 4.05. The number of carbonyl (C=O) groups excluding carboxylic acids is 2. The van der Waals surface area contributed by atoms with Crippen molar-refractivity contribution in [2.24, 2.45) is 0 Å². The number of para-hydroxylation sites is 1. The van der Waals surface area contributed by atoms with Crippen LogP contribution in [0.5, 0.6) is 0 Å². The van der Waals surface area contributed by atoms with Gasteiger partial charge in [0.15, 0.2) is 0 Å². The van der Waals surface area contributed by atoms with Gasteiger partial charge in [0.2, 0.25) is 11.8 Å². The molecular weight excluding hydrogens is 336 g/mol. The third kappa shape index (κ3) is 4.54. The lowest BCUT2D eigenvalue weighted by Gasteiger charge is -2.22. The van der Waals surface area contributed by atoms with Gasteiger partial charge >= 0.3 is 0 Å². The quantitative estimate of drug-likeness (QED) is 0.880. The maximum atomic E-state index is 12.0.